The van der Waals surface area contributed by atoms with Crippen molar-refractivity contribution in [1.29, 1.82) is 0 Å². The molecule has 0 aliphatic carbocycles. The van der Waals surface area contributed by atoms with Gasteiger partial charge in [-0.3, -0.25) is 15.3 Å². The fourth-order valence-electron chi connectivity index (χ4n) is 3.68. The number of amides is 2. The first kappa shape index (κ1) is 19.4. The van der Waals surface area contributed by atoms with Crippen molar-refractivity contribution < 1.29 is 4.79 Å². The maximum absolute atomic E-state index is 12.7. The lowest BCUT2D eigenvalue weighted by Gasteiger charge is -2.28. The van der Waals surface area contributed by atoms with Gasteiger partial charge in [0.1, 0.15) is 0 Å². The van der Waals surface area contributed by atoms with E-state index in [4.69, 9.17) is 0 Å². The Kier molecular flexibility index (Phi) is 5.41. The maximum atomic E-state index is 12.7. The van der Waals surface area contributed by atoms with Crippen LogP contribution in [0.15, 0.2) is 72.7 Å². The number of benzene rings is 1. The monoisotopic (exact) mass is 427 g/mol. The van der Waals surface area contributed by atoms with Gasteiger partial charge in [0.05, 0.1) is 15.9 Å². The number of nitrogens with zero attached hydrogens (tertiary/aromatic N) is 4. The number of anilines is 1. The number of carbonyl (C=O) groups excluding carboxylic acids is 1. The molecule has 4 aromatic rings. The molecule has 0 atom stereocenters. The minimum atomic E-state index is -0.0923. The highest BCUT2D eigenvalue weighted by atomic mass is 32.1. The van der Waals surface area contributed by atoms with Gasteiger partial charge in [0.2, 0.25) is 0 Å². The molecule has 0 saturated carbocycles. The van der Waals surface area contributed by atoms with Crippen molar-refractivity contribution in [1.82, 2.24) is 19.9 Å². The lowest BCUT2D eigenvalue weighted by Crippen LogP contribution is -2.39. The van der Waals surface area contributed by atoms with Crippen molar-refractivity contribution in [2.45, 2.75) is 12.8 Å². The lowest BCUT2D eigenvalue weighted by molar-refractivity contribution is 0.208. The van der Waals surface area contributed by atoms with Gasteiger partial charge in [0.25, 0.3) is 0 Å². The fourth-order valence-corrected chi connectivity index (χ4v) is 4.58. The number of aromatic nitrogens is 3. The van der Waals surface area contributed by atoms with Gasteiger partial charge in [-0.05, 0) is 66.4 Å². The molecule has 1 N–H and O–H groups in total. The van der Waals surface area contributed by atoms with Crippen LogP contribution in [-0.2, 0) is 0 Å². The molecule has 1 aliphatic heterocycles. The third-order valence-corrected chi connectivity index (χ3v) is 6.28. The molecule has 0 radical (unpaired) electrons. The van der Waals surface area contributed by atoms with Crippen LogP contribution in [0.25, 0.3) is 27.4 Å². The van der Waals surface area contributed by atoms with E-state index in [1.807, 2.05) is 47.4 Å². The van der Waals surface area contributed by atoms with Crippen molar-refractivity contribution in [3.63, 3.8) is 0 Å². The van der Waals surface area contributed by atoms with Crippen molar-refractivity contribution in [2.75, 3.05) is 18.4 Å². The highest BCUT2D eigenvalue weighted by Crippen LogP contribution is 2.30. The van der Waals surface area contributed by atoms with Crippen molar-refractivity contribution >= 4 is 38.8 Å². The Morgan fingerprint density at radius 1 is 1.00 bits per heavy atom. The standard InChI is InChI=1S/C24H21N5OS/c30-24(29-13-8-17(9-14-29)15-20-3-1-2-10-26-20)28-23-27-21-5-4-19(16-22(21)31-23)18-6-11-25-12-7-18/h1-7,10-12,15-16H,8-9,13-14H2,(H,27,28,30). The number of pyridine rings is 2. The van der Waals surface area contributed by atoms with Crippen molar-refractivity contribution in [2.24, 2.45) is 0 Å². The molecular formula is C24H21N5OS. The van der Waals surface area contributed by atoms with Crippen LogP contribution in [0, 0.1) is 0 Å². The van der Waals surface area contributed by atoms with E-state index < -0.39 is 0 Å². The Balaban J connectivity index is 1.24. The SMILES string of the molecule is O=C(Nc1nc2ccc(-c3ccncc3)cc2s1)N1CCC(=Cc2ccccn2)CC1. The fraction of sp³-hybridized carbons (Fsp3) is 0.167. The summed E-state index contributed by atoms with van der Waals surface area (Å²) in [5.41, 5.74) is 5.40. The number of hydrogen-bond donors (Lipinski definition) is 1. The Labute approximate surface area is 184 Å². The van der Waals surface area contributed by atoms with E-state index in [-0.39, 0.29) is 6.03 Å². The zero-order valence-electron chi connectivity index (χ0n) is 16.9. The molecule has 2 amide bonds. The van der Waals surface area contributed by atoms with Crippen LogP contribution in [-0.4, -0.2) is 39.0 Å². The second-order valence-corrected chi connectivity index (χ2v) is 8.44. The quantitative estimate of drug-likeness (QED) is 0.471. The minimum absolute atomic E-state index is 0.0923. The lowest BCUT2D eigenvalue weighted by atomic mass is 10.0. The Morgan fingerprint density at radius 3 is 2.61 bits per heavy atom. The molecule has 7 heteroatoms. The summed E-state index contributed by atoms with van der Waals surface area (Å²) in [5, 5.41) is 3.60. The molecule has 6 nitrogen and oxygen atoms in total. The molecule has 0 bridgehead atoms. The van der Waals surface area contributed by atoms with Gasteiger partial charge in [-0.1, -0.05) is 29.0 Å². The number of rotatable bonds is 3. The van der Waals surface area contributed by atoms with Crippen LogP contribution < -0.4 is 5.32 Å². The van der Waals surface area contributed by atoms with E-state index in [9.17, 15) is 4.79 Å². The molecule has 31 heavy (non-hydrogen) atoms. The van der Waals surface area contributed by atoms with E-state index in [1.54, 1.807) is 18.6 Å². The number of likely N-dealkylation sites (tertiary alicyclic amines) is 1. The molecule has 4 heterocycles. The normalized spacial score (nSPS) is 13.9. The molecule has 0 spiro atoms. The number of nitrogens with one attached hydrogen (secondary N) is 1. The second-order valence-electron chi connectivity index (χ2n) is 7.41. The van der Waals surface area contributed by atoms with Crippen LogP contribution in [0.1, 0.15) is 18.5 Å². The van der Waals surface area contributed by atoms with Crippen molar-refractivity contribution in [3.8, 4) is 11.1 Å². The highest BCUT2D eigenvalue weighted by Gasteiger charge is 2.20. The Morgan fingerprint density at radius 2 is 1.84 bits per heavy atom. The first-order chi connectivity index (χ1) is 15.2. The summed E-state index contributed by atoms with van der Waals surface area (Å²) < 4.78 is 1.05. The zero-order chi connectivity index (χ0) is 21.0. The summed E-state index contributed by atoms with van der Waals surface area (Å²) in [6.45, 7) is 1.39. The van der Waals surface area contributed by atoms with E-state index in [0.29, 0.717) is 18.2 Å². The van der Waals surface area contributed by atoms with Gasteiger partial charge in [0, 0.05) is 31.7 Å². The summed E-state index contributed by atoms with van der Waals surface area (Å²) in [6, 6.07) is 15.9. The smallest absolute Gasteiger partial charge is 0.323 e. The molecule has 1 fully saturated rings. The molecule has 1 saturated heterocycles. The minimum Gasteiger partial charge on any atom is -0.324 e. The van der Waals surface area contributed by atoms with Crippen LogP contribution >= 0.6 is 11.3 Å². The largest absolute Gasteiger partial charge is 0.324 e. The van der Waals surface area contributed by atoms with Gasteiger partial charge in [-0.2, -0.15) is 0 Å². The van der Waals surface area contributed by atoms with Gasteiger partial charge in [-0.15, -0.1) is 0 Å². The van der Waals surface area contributed by atoms with E-state index >= 15 is 0 Å². The third-order valence-electron chi connectivity index (χ3n) is 5.35. The summed E-state index contributed by atoms with van der Waals surface area (Å²) >= 11 is 1.50. The number of fused-ring (bicyclic) bond motifs is 1. The van der Waals surface area contributed by atoms with Gasteiger partial charge >= 0.3 is 6.03 Å². The average Bonchev–Trinajstić information content (AvgIpc) is 3.22. The zero-order valence-corrected chi connectivity index (χ0v) is 17.7. The Bertz CT molecular complexity index is 1230. The first-order valence-corrected chi connectivity index (χ1v) is 11.0. The second kappa shape index (κ2) is 8.65. The number of hydrogen-bond acceptors (Lipinski definition) is 5. The maximum Gasteiger partial charge on any atom is 0.323 e. The topological polar surface area (TPSA) is 71.0 Å². The van der Waals surface area contributed by atoms with Crippen molar-refractivity contribution in [3.05, 3.63) is 78.4 Å². The first-order valence-electron chi connectivity index (χ1n) is 10.2. The number of thiazole rings is 1. The molecule has 5 rings (SSSR count). The molecule has 3 aromatic heterocycles. The summed E-state index contributed by atoms with van der Waals surface area (Å²) in [6.07, 6.45) is 9.22. The van der Waals surface area contributed by atoms with Gasteiger partial charge < -0.3 is 4.90 Å². The van der Waals surface area contributed by atoms with Gasteiger partial charge in [0.15, 0.2) is 5.13 Å². The highest BCUT2D eigenvalue weighted by molar-refractivity contribution is 7.22. The molecule has 1 aliphatic rings. The number of urea groups is 1. The van der Waals surface area contributed by atoms with E-state index in [2.05, 4.69) is 32.4 Å². The summed E-state index contributed by atoms with van der Waals surface area (Å²) in [5.74, 6) is 0. The van der Waals surface area contributed by atoms with Crippen LogP contribution in [0.2, 0.25) is 0 Å². The van der Waals surface area contributed by atoms with Gasteiger partial charge in [-0.25, -0.2) is 9.78 Å². The van der Waals surface area contributed by atoms with E-state index in [0.717, 1.165) is 39.9 Å². The molecule has 1 aromatic carbocycles. The molecule has 154 valence electrons. The number of carbonyl (C=O) groups is 1. The van der Waals surface area contributed by atoms with Crippen LogP contribution in [0.5, 0.6) is 0 Å². The van der Waals surface area contributed by atoms with Crippen LogP contribution in [0.4, 0.5) is 9.93 Å². The molecule has 0 unspecified atom stereocenters. The van der Waals surface area contributed by atoms with Crippen LogP contribution in [0.3, 0.4) is 0 Å². The van der Waals surface area contributed by atoms with E-state index in [1.165, 1.54) is 16.9 Å². The average molecular weight is 428 g/mol. The molecular weight excluding hydrogens is 406 g/mol. The Hall–Kier alpha value is -3.58. The predicted molar refractivity (Wildman–Crippen MR) is 125 cm³/mol. The summed E-state index contributed by atoms with van der Waals surface area (Å²) in [7, 11) is 0. The number of piperidine rings is 1. The third kappa shape index (κ3) is 4.46. The summed E-state index contributed by atoms with van der Waals surface area (Å²) in [4.78, 5) is 27.6. The predicted octanol–water partition coefficient (Wildman–Crippen LogP) is 5.46.